The minimum absolute atomic E-state index is 0.620. The Bertz CT molecular complexity index is 1090. The second kappa shape index (κ2) is 12.4. The first kappa shape index (κ1) is 23.4. The molecule has 4 nitrogen and oxygen atoms in total. The molecule has 1 aromatic heterocycles. The van der Waals surface area contributed by atoms with Gasteiger partial charge in [-0.15, -0.1) is 0 Å². The fraction of sp³-hybridized carbons (Fsp3) is 0.233. The van der Waals surface area contributed by atoms with Crippen molar-refractivity contribution in [3.05, 3.63) is 97.1 Å². The van der Waals surface area contributed by atoms with Crippen LogP contribution in [0.5, 0.6) is 17.4 Å². The quantitative estimate of drug-likeness (QED) is 0.209. The van der Waals surface area contributed by atoms with Crippen LogP contribution in [-0.4, -0.2) is 24.8 Å². The van der Waals surface area contributed by atoms with E-state index in [0.717, 1.165) is 53.1 Å². The first-order chi connectivity index (χ1) is 16.8. The first-order valence-electron chi connectivity index (χ1n) is 11.9. The van der Waals surface area contributed by atoms with Gasteiger partial charge in [0.05, 0.1) is 25.5 Å². The number of ether oxygens (including phenoxy) is 3. The molecule has 0 fully saturated rings. The molecule has 0 amide bonds. The summed E-state index contributed by atoms with van der Waals surface area (Å²) < 4.78 is 17.6. The summed E-state index contributed by atoms with van der Waals surface area (Å²) >= 11 is 0. The molecule has 0 aliphatic rings. The molecule has 34 heavy (non-hydrogen) atoms. The van der Waals surface area contributed by atoms with Gasteiger partial charge in [-0.05, 0) is 55.5 Å². The summed E-state index contributed by atoms with van der Waals surface area (Å²) in [6, 6.07) is 32.5. The monoisotopic (exact) mass is 453 g/mol. The van der Waals surface area contributed by atoms with E-state index >= 15 is 0 Å². The molecule has 0 spiro atoms. The van der Waals surface area contributed by atoms with Crippen LogP contribution < -0.4 is 14.2 Å². The number of aromatic nitrogens is 1. The van der Waals surface area contributed by atoms with E-state index < -0.39 is 0 Å². The van der Waals surface area contributed by atoms with Gasteiger partial charge in [0, 0.05) is 11.6 Å². The molecule has 0 radical (unpaired) electrons. The van der Waals surface area contributed by atoms with Crippen LogP contribution >= 0.6 is 0 Å². The summed E-state index contributed by atoms with van der Waals surface area (Å²) in [6.45, 7) is 3.88. The third-order valence-electron chi connectivity index (χ3n) is 5.42. The normalized spacial score (nSPS) is 10.6. The lowest BCUT2D eigenvalue weighted by molar-refractivity contribution is 0.259. The number of nitrogens with zero attached hydrogens (tertiary/aromatic N) is 1. The predicted molar refractivity (Wildman–Crippen MR) is 138 cm³/mol. The van der Waals surface area contributed by atoms with Gasteiger partial charge >= 0.3 is 0 Å². The van der Waals surface area contributed by atoms with Crippen LogP contribution in [0.25, 0.3) is 22.4 Å². The Kier molecular flexibility index (Phi) is 8.56. The molecular weight excluding hydrogens is 422 g/mol. The highest BCUT2D eigenvalue weighted by atomic mass is 16.5. The van der Waals surface area contributed by atoms with Crippen molar-refractivity contribution in [2.45, 2.75) is 26.2 Å². The van der Waals surface area contributed by atoms with Crippen LogP contribution in [0.2, 0.25) is 0 Å². The van der Waals surface area contributed by atoms with Gasteiger partial charge in [0.2, 0.25) is 5.88 Å². The van der Waals surface area contributed by atoms with Crippen molar-refractivity contribution < 1.29 is 14.2 Å². The van der Waals surface area contributed by atoms with Crippen LogP contribution in [0, 0.1) is 0 Å². The van der Waals surface area contributed by atoms with E-state index in [1.807, 2.05) is 73.7 Å². The van der Waals surface area contributed by atoms with E-state index in [2.05, 4.69) is 30.3 Å². The molecule has 0 N–H and O–H groups in total. The summed E-state index contributed by atoms with van der Waals surface area (Å²) in [6.07, 6.45) is 2.91. The predicted octanol–water partition coefficient (Wildman–Crippen LogP) is 7.44. The van der Waals surface area contributed by atoms with Crippen LogP contribution in [0.1, 0.15) is 26.2 Å². The number of hydrogen-bond donors (Lipinski definition) is 0. The lowest BCUT2D eigenvalue weighted by atomic mass is 10.0. The van der Waals surface area contributed by atoms with Gasteiger partial charge in [-0.1, -0.05) is 72.8 Å². The maximum absolute atomic E-state index is 6.07. The van der Waals surface area contributed by atoms with Crippen molar-refractivity contribution in [3.63, 3.8) is 0 Å². The molecule has 0 saturated carbocycles. The smallest absolute Gasteiger partial charge is 0.214 e. The first-order valence-corrected chi connectivity index (χ1v) is 11.9. The Morgan fingerprint density at radius 3 is 1.82 bits per heavy atom. The molecule has 1 heterocycles. The summed E-state index contributed by atoms with van der Waals surface area (Å²) in [4.78, 5) is 4.77. The van der Waals surface area contributed by atoms with E-state index in [1.165, 1.54) is 0 Å². The fourth-order valence-corrected chi connectivity index (χ4v) is 3.72. The number of hydrogen-bond acceptors (Lipinski definition) is 4. The number of pyridine rings is 1. The Labute approximate surface area is 202 Å². The summed E-state index contributed by atoms with van der Waals surface area (Å²) in [5, 5.41) is 0. The average molecular weight is 454 g/mol. The zero-order valence-corrected chi connectivity index (χ0v) is 19.7. The van der Waals surface area contributed by atoms with Gasteiger partial charge in [0.25, 0.3) is 0 Å². The van der Waals surface area contributed by atoms with Crippen molar-refractivity contribution >= 4 is 0 Å². The molecule has 0 atom stereocenters. The Morgan fingerprint density at radius 1 is 0.559 bits per heavy atom. The SMILES string of the molecule is CCOc1ccccc1OCCCCCOc1cc(-c2ccccc2)cc(-c2ccccc2)n1. The molecule has 0 aliphatic heterocycles. The summed E-state index contributed by atoms with van der Waals surface area (Å²) in [5.41, 5.74) is 4.25. The Hall–Kier alpha value is -3.79. The van der Waals surface area contributed by atoms with Crippen molar-refractivity contribution in [2.75, 3.05) is 19.8 Å². The molecule has 4 heteroatoms. The van der Waals surface area contributed by atoms with Crippen LogP contribution in [0.15, 0.2) is 97.1 Å². The third-order valence-corrected chi connectivity index (χ3v) is 5.42. The highest BCUT2D eigenvalue weighted by Crippen LogP contribution is 2.29. The molecule has 174 valence electrons. The van der Waals surface area contributed by atoms with E-state index in [9.17, 15) is 0 Å². The van der Waals surface area contributed by atoms with Gasteiger partial charge in [0.1, 0.15) is 0 Å². The molecule has 0 bridgehead atoms. The summed E-state index contributed by atoms with van der Waals surface area (Å²) in [7, 11) is 0. The van der Waals surface area contributed by atoms with Crippen molar-refractivity contribution in [1.29, 1.82) is 0 Å². The van der Waals surface area contributed by atoms with Crippen molar-refractivity contribution in [3.8, 4) is 39.8 Å². The minimum atomic E-state index is 0.620. The number of rotatable bonds is 12. The van der Waals surface area contributed by atoms with Crippen LogP contribution in [0.3, 0.4) is 0 Å². The van der Waals surface area contributed by atoms with Gasteiger partial charge in [0.15, 0.2) is 11.5 Å². The molecule has 4 rings (SSSR count). The number of benzene rings is 3. The second-order valence-electron chi connectivity index (χ2n) is 7.95. The largest absolute Gasteiger partial charge is 0.490 e. The summed E-state index contributed by atoms with van der Waals surface area (Å²) in [5.74, 6) is 2.25. The number of unbranched alkanes of at least 4 members (excludes halogenated alkanes) is 2. The van der Waals surface area contributed by atoms with Gasteiger partial charge in [-0.3, -0.25) is 0 Å². The van der Waals surface area contributed by atoms with E-state index in [4.69, 9.17) is 19.2 Å². The minimum Gasteiger partial charge on any atom is -0.490 e. The lowest BCUT2D eigenvalue weighted by Gasteiger charge is -2.12. The molecule has 0 unspecified atom stereocenters. The third kappa shape index (κ3) is 6.61. The number of para-hydroxylation sites is 2. The fourth-order valence-electron chi connectivity index (χ4n) is 3.72. The topological polar surface area (TPSA) is 40.6 Å². The van der Waals surface area contributed by atoms with Gasteiger partial charge in [-0.25, -0.2) is 4.98 Å². The highest BCUT2D eigenvalue weighted by Gasteiger charge is 2.08. The van der Waals surface area contributed by atoms with Crippen LogP contribution in [-0.2, 0) is 0 Å². The van der Waals surface area contributed by atoms with Crippen molar-refractivity contribution in [2.24, 2.45) is 0 Å². The van der Waals surface area contributed by atoms with Gasteiger partial charge in [-0.2, -0.15) is 0 Å². The van der Waals surface area contributed by atoms with E-state index in [0.29, 0.717) is 25.7 Å². The maximum Gasteiger partial charge on any atom is 0.214 e. The molecule has 4 aromatic rings. The zero-order chi connectivity index (χ0) is 23.4. The van der Waals surface area contributed by atoms with Crippen molar-refractivity contribution in [1.82, 2.24) is 4.98 Å². The molecule has 0 aliphatic carbocycles. The Balaban J connectivity index is 1.31. The maximum atomic E-state index is 6.07. The zero-order valence-electron chi connectivity index (χ0n) is 19.7. The van der Waals surface area contributed by atoms with Crippen LogP contribution in [0.4, 0.5) is 0 Å². The van der Waals surface area contributed by atoms with E-state index in [-0.39, 0.29) is 0 Å². The van der Waals surface area contributed by atoms with E-state index in [1.54, 1.807) is 0 Å². The lowest BCUT2D eigenvalue weighted by Crippen LogP contribution is -2.03. The highest BCUT2D eigenvalue weighted by molar-refractivity contribution is 5.71. The molecule has 0 saturated heterocycles. The molecular formula is C30H31NO3. The average Bonchev–Trinajstić information content (AvgIpc) is 2.90. The Morgan fingerprint density at radius 2 is 1.15 bits per heavy atom. The molecule has 3 aromatic carbocycles. The standard InChI is InChI=1S/C30H31NO3/c1-2-32-28-18-10-11-19-29(28)33-20-12-5-13-21-34-30-23-26(24-14-6-3-7-15-24)22-27(31-30)25-16-8-4-9-17-25/h3-4,6-11,14-19,22-23H,2,5,12-13,20-21H2,1H3. The second-order valence-corrected chi connectivity index (χ2v) is 7.95. The van der Waals surface area contributed by atoms with Gasteiger partial charge < -0.3 is 14.2 Å².